The molecule has 0 saturated heterocycles. The van der Waals surface area contributed by atoms with Crippen LogP contribution < -0.4 is 5.01 Å². The predicted octanol–water partition coefficient (Wildman–Crippen LogP) is 1.34. The van der Waals surface area contributed by atoms with Crippen molar-refractivity contribution in [3.8, 4) is 0 Å². The first-order valence-corrected chi connectivity index (χ1v) is 3.36. The predicted molar refractivity (Wildman–Crippen MR) is 44.4 cm³/mol. The molecule has 0 radical (unpaired) electrons. The summed E-state index contributed by atoms with van der Waals surface area (Å²) >= 11 is 0. The van der Waals surface area contributed by atoms with Gasteiger partial charge in [0.2, 0.25) is 0 Å². The highest BCUT2D eigenvalue weighted by Gasteiger charge is 2.14. The molecular weight excluding hydrogens is 124 g/mol. The van der Waals surface area contributed by atoms with Crippen LogP contribution in [0.5, 0.6) is 0 Å². The van der Waals surface area contributed by atoms with Gasteiger partial charge in [-0.15, -0.1) is 0 Å². The fourth-order valence-corrected chi connectivity index (χ4v) is 0.414. The van der Waals surface area contributed by atoms with Gasteiger partial charge in [-0.2, -0.15) is 0 Å². The number of nitrogens with one attached hydrogen (secondary N) is 2. The van der Waals surface area contributed by atoms with Crippen molar-refractivity contribution in [3.63, 3.8) is 0 Å². The lowest BCUT2D eigenvalue weighted by atomic mass is 10.1. The Morgan fingerprint density at radius 3 is 2.20 bits per heavy atom. The molecule has 0 aliphatic rings. The molecule has 0 aliphatic carbocycles. The van der Waals surface area contributed by atoms with Gasteiger partial charge in [0.15, 0.2) is 0 Å². The smallest absolute Gasteiger partial charge is 0.0849 e. The molecule has 1 unspecified atom stereocenters. The van der Waals surface area contributed by atoms with E-state index in [0.717, 1.165) is 0 Å². The Bertz CT molecular complexity index is 131. The number of quaternary nitrogens is 1. The molecule has 0 aliphatic heterocycles. The van der Waals surface area contributed by atoms with Gasteiger partial charge >= 0.3 is 0 Å². The van der Waals surface area contributed by atoms with Crippen molar-refractivity contribution in [1.29, 1.82) is 0 Å². The molecule has 58 valence electrons. The van der Waals surface area contributed by atoms with Gasteiger partial charge in [0.05, 0.1) is 11.7 Å². The van der Waals surface area contributed by atoms with Crippen LogP contribution in [0.1, 0.15) is 20.8 Å². The van der Waals surface area contributed by atoms with Crippen molar-refractivity contribution in [2.24, 2.45) is 0 Å². The first kappa shape index (κ1) is 9.40. The highest BCUT2D eigenvalue weighted by molar-refractivity contribution is 4.92. The third-order valence-corrected chi connectivity index (χ3v) is 1.21. The SMILES string of the molecule is C=C/C=C\[NH+]([NH-])C(C)(C)C. The van der Waals surface area contributed by atoms with Gasteiger partial charge in [0, 0.05) is 0 Å². The quantitative estimate of drug-likeness (QED) is 0.443. The van der Waals surface area contributed by atoms with Gasteiger partial charge in [-0.25, -0.2) is 0 Å². The Kier molecular flexibility index (Phi) is 3.33. The van der Waals surface area contributed by atoms with E-state index in [-0.39, 0.29) is 5.54 Å². The molecule has 0 amide bonds. The Morgan fingerprint density at radius 2 is 1.90 bits per heavy atom. The standard InChI is InChI=1S/C8H16N2/c1-5-6-7-10(9)8(2,3)4/h5-7,9-10H,1H2,2-4H3/b7-6-. The third kappa shape index (κ3) is 3.43. The van der Waals surface area contributed by atoms with Crippen LogP contribution in [0.4, 0.5) is 0 Å². The van der Waals surface area contributed by atoms with E-state index in [1.807, 2.05) is 20.8 Å². The van der Waals surface area contributed by atoms with Crippen molar-refractivity contribution in [1.82, 2.24) is 0 Å². The second-order valence-electron chi connectivity index (χ2n) is 3.26. The van der Waals surface area contributed by atoms with Crippen LogP contribution in [0.3, 0.4) is 0 Å². The number of hydrogen-bond acceptors (Lipinski definition) is 0. The van der Waals surface area contributed by atoms with Gasteiger partial charge in [0.25, 0.3) is 0 Å². The van der Waals surface area contributed by atoms with Crippen LogP contribution in [-0.4, -0.2) is 5.54 Å². The van der Waals surface area contributed by atoms with Crippen molar-refractivity contribution >= 4 is 0 Å². The summed E-state index contributed by atoms with van der Waals surface area (Å²) in [7, 11) is 0. The number of allylic oxidation sites excluding steroid dienone is 2. The summed E-state index contributed by atoms with van der Waals surface area (Å²) in [5, 5.41) is 0.632. The van der Waals surface area contributed by atoms with Gasteiger partial charge in [0.1, 0.15) is 0 Å². The van der Waals surface area contributed by atoms with Gasteiger partial charge in [-0.3, -0.25) is 0 Å². The number of rotatable bonds is 2. The zero-order chi connectivity index (χ0) is 8.20. The van der Waals surface area contributed by atoms with Crippen LogP contribution in [0, 0.1) is 0 Å². The molecule has 0 bridgehead atoms. The molecule has 0 saturated carbocycles. The maximum atomic E-state index is 7.51. The second-order valence-corrected chi connectivity index (χ2v) is 3.26. The molecule has 0 aromatic carbocycles. The molecule has 2 nitrogen and oxygen atoms in total. The maximum Gasteiger partial charge on any atom is 0.0849 e. The zero-order valence-electron chi connectivity index (χ0n) is 6.94. The molecule has 1 atom stereocenters. The molecule has 0 aromatic heterocycles. The Balaban J connectivity index is 3.96. The maximum absolute atomic E-state index is 7.51. The molecule has 10 heavy (non-hydrogen) atoms. The molecule has 0 spiro atoms. The van der Waals surface area contributed by atoms with Gasteiger partial charge < -0.3 is 10.9 Å². The van der Waals surface area contributed by atoms with Crippen LogP contribution in [0.2, 0.25) is 0 Å². The molecule has 2 N–H and O–H groups in total. The minimum absolute atomic E-state index is 0.0422. The molecule has 0 aromatic rings. The van der Waals surface area contributed by atoms with Crippen LogP contribution in [0.15, 0.2) is 24.9 Å². The van der Waals surface area contributed by atoms with Crippen molar-refractivity contribution in [2.45, 2.75) is 26.3 Å². The number of hydrogen-bond donors (Lipinski definition) is 1. The van der Waals surface area contributed by atoms with Crippen molar-refractivity contribution < 1.29 is 5.01 Å². The van der Waals surface area contributed by atoms with Crippen molar-refractivity contribution in [3.05, 3.63) is 30.8 Å². The topological polar surface area (TPSA) is 28.2 Å². The van der Waals surface area contributed by atoms with E-state index in [4.69, 9.17) is 5.84 Å². The minimum Gasteiger partial charge on any atom is -0.464 e. The second kappa shape index (κ2) is 3.54. The highest BCUT2D eigenvalue weighted by atomic mass is 15.4. The summed E-state index contributed by atoms with van der Waals surface area (Å²) in [5.41, 5.74) is -0.0422. The average molecular weight is 140 g/mol. The lowest BCUT2D eigenvalue weighted by Gasteiger charge is -2.31. The summed E-state index contributed by atoms with van der Waals surface area (Å²) in [6, 6.07) is 0. The molecule has 0 heterocycles. The zero-order valence-corrected chi connectivity index (χ0v) is 6.94. The first-order chi connectivity index (χ1) is 4.48. The first-order valence-electron chi connectivity index (χ1n) is 3.36. The van der Waals surface area contributed by atoms with Crippen LogP contribution in [-0.2, 0) is 0 Å². The highest BCUT2D eigenvalue weighted by Crippen LogP contribution is 1.91. The Labute approximate surface area is 63.0 Å². The van der Waals surface area contributed by atoms with E-state index in [9.17, 15) is 0 Å². The molecule has 2 heteroatoms. The van der Waals surface area contributed by atoms with Gasteiger partial charge in [-0.1, -0.05) is 12.7 Å². The Hall–Kier alpha value is -0.600. The fourth-order valence-electron chi connectivity index (χ4n) is 0.414. The largest absolute Gasteiger partial charge is 0.464 e. The molecule has 0 fully saturated rings. The fraction of sp³-hybridized carbons (Fsp3) is 0.500. The Morgan fingerprint density at radius 1 is 1.40 bits per heavy atom. The summed E-state index contributed by atoms with van der Waals surface area (Å²) in [6.45, 7) is 9.58. The summed E-state index contributed by atoms with van der Waals surface area (Å²) < 4.78 is 0. The normalized spacial score (nSPS) is 15.6. The average Bonchev–Trinajstić information content (AvgIpc) is 1.80. The van der Waals surface area contributed by atoms with E-state index in [2.05, 4.69) is 6.58 Å². The summed E-state index contributed by atoms with van der Waals surface area (Å²) in [6.07, 6.45) is 5.24. The minimum atomic E-state index is -0.0422. The van der Waals surface area contributed by atoms with E-state index >= 15 is 0 Å². The molecule has 0 rings (SSSR count). The van der Waals surface area contributed by atoms with E-state index in [1.165, 1.54) is 0 Å². The third-order valence-electron chi connectivity index (χ3n) is 1.21. The van der Waals surface area contributed by atoms with Crippen molar-refractivity contribution in [2.75, 3.05) is 0 Å². The van der Waals surface area contributed by atoms with Gasteiger partial charge in [-0.05, 0) is 26.8 Å². The lowest BCUT2D eigenvalue weighted by Crippen LogP contribution is -3.08. The van der Waals surface area contributed by atoms with E-state index < -0.39 is 0 Å². The van der Waals surface area contributed by atoms with E-state index in [0.29, 0.717) is 5.01 Å². The van der Waals surface area contributed by atoms with Crippen LogP contribution in [0.25, 0.3) is 5.84 Å². The monoisotopic (exact) mass is 140 g/mol. The summed E-state index contributed by atoms with van der Waals surface area (Å²) in [4.78, 5) is 0. The van der Waals surface area contributed by atoms with E-state index in [1.54, 1.807) is 18.4 Å². The lowest BCUT2D eigenvalue weighted by molar-refractivity contribution is -0.846. The molecular formula is C8H16N2. The summed E-state index contributed by atoms with van der Waals surface area (Å²) in [5.74, 6) is 7.51. The van der Waals surface area contributed by atoms with Crippen LogP contribution >= 0.6 is 0 Å².